The van der Waals surface area contributed by atoms with Gasteiger partial charge in [0.15, 0.2) is 0 Å². The number of amides is 2. The number of carbonyl (C=O) groups is 2. The van der Waals surface area contributed by atoms with Gasteiger partial charge in [0.05, 0.1) is 4.90 Å². The molecule has 3 aromatic rings. The lowest BCUT2D eigenvalue weighted by Crippen LogP contribution is -2.41. The van der Waals surface area contributed by atoms with Gasteiger partial charge in [-0.1, -0.05) is 30.3 Å². The number of benzene rings is 3. The van der Waals surface area contributed by atoms with Gasteiger partial charge in [-0.15, -0.1) is 4.83 Å². The Balaban J connectivity index is 1.68. The van der Waals surface area contributed by atoms with Crippen LogP contribution in [-0.4, -0.2) is 20.2 Å². The number of anilines is 1. The maximum Gasteiger partial charge on any atom is 0.266 e. The Morgan fingerprint density at radius 1 is 0.923 bits per heavy atom. The molecule has 130 valence electrons. The highest BCUT2D eigenvalue weighted by atomic mass is 32.2. The molecule has 7 nitrogen and oxygen atoms in total. The molecular weight excluding hydrogens is 354 g/mol. The first kappa shape index (κ1) is 16.2. The van der Waals surface area contributed by atoms with E-state index in [1.165, 1.54) is 12.1 Å². The standard InChI is InChI=1S/C18H13N3O4S/c22-17(11-5-2-1-3-6-11)20-21-26(24,25)15-10-9-14-16-12(15)7-4-8-13(16)18(23)19-14/h1-10,21H,(H,19,23)(H,20,22). The van der Waals surface area contributed by atoms with Crippen LogP contribution in [0.15, 0.2) is 65.6 Å². The van der Waals surface area contributed by atoms with E-state index >= 15 is 0 Å². The molecule has 0 fully saturated rings. The second-order valence-corrected chi connectivity index (χ2v) is 7.37. The van der Waals surface area contributed by atoms with Gasteiger partial charge in [-0.05, 0) is 30.3 Å². The summed E-state index contributed by atoms with van der Waals surface area (Å²) in [5, 5.41) is 3.65. The van der Waals surface area contributed by atoms with Crippen LogP contribution in [0.1, 0.15) is 20.7 Å². The molecular formula is C18H13N3O4S. The minimum absolute atomic E-state index is 0.0250. The molecule has 1 aliphatic rings. The van der Waals surface area contributed by atoms with Crippen LogP contribution in [0.3, 0.4) is 0 Å². The smallest absolute Gasteiger partial charge is 0.266 e. The van der Waals surface area contributed by atoms with Crippen LogP contribution in [0.2, 0.25) is 0 Å². The summed E-state index contributed by atoms with van der Waals surface area (Å²) in [6.07, 6.45) is 0. The first-order chi connectivity index (χ1) is 12.5. The molecule has 3 aromatic carbocycles. The zero-order valence-corrected chi connectivity index (χ0v) is 14.1. The van der Waals surface area contributed by atoms with Crippen LogP contribution in [0.4, 0.5) is 5.69 Å². The van der Waals surface area contributed by atoms with E-state index in [4.69, 9.17) is 0 Å². The van der Waals surface area contributed by atoms with Crippen LogP contribution < -0.4 is 15.6 Å². The lowest BCUT2D eigenvalue weighted by Gasteiger charge is -2.11. The minimum atomic E-state index is -4.03. The molecule has 1 heterocycles. The molecule has 8 heteroatoms. The predicted molar refractivity (Wildman–Crippen MR) is 96.1 cm³/mol. The van der Waals surface area contributed by atoms with E-state index in [2.05, 4.69) is 15.6 Å². The van der Waals surface area contributed by atoms with Gasteiger partial charge in [0.1, 0.15) is 0 Å². The summed E-state index contributed by atoms with van der Waals surface area (Å²) < 4.78 is 25.4. The molecule has 0 unspecified atom stereocenters. The molecule has 1 aliphatic heterocycles. The fraction of sp³-hybridized carbons (Fsp3) is 0. The van der Waals surface area contributed by atoms with Gasteiger partial charge in [-0.3, -0.25) is 15.0 Å². The molecule has 4 rings (SSSR count). The Hall–Kier alpha value is -3.23. The normalized spacial score (nSPS) is 12.8. The summed E-state index contributed by atoms with van der Waals surface area (Å²) in [5.41, 5.74) is 3.50. The SMILES string of the molecule is O=C(NNS(=O)(=O)c1ccc2c3c(cccc13)C(=O)N2)c1ccccc1. The van der Waals surface area contributed by atoms with Crippen molar-refractivity contribution < 1.29 is 18.0 Å². The third kappa shape index (κ3) is 2.61. The number of rotatable bonds is 4. The van der Waals surface area contributed by atoms with Crippen molar-refractivity contribution in [2.24, 2.45) is 0 Å². The molecule has 26 heavy (non-hydrogen) atoms. The second-order valence-electron chi connectivity index (χ2n) is 5.72. The van der Waals surface area contributed by atoms with E-state index < -0.39 is 15.9 Å². The van der Waals surface area contributed by atoms with Crippen molar-refractivity contribution in [3.05, 3.63) is 71.8 Å². The van der Waals surface area contributed by atoms with Gasteiger partial charge in [0, 0.05) is 27.6 Å². The Labute approximate surface area is 149 Å². The molecule has 0 spiro atoms. The molecule has 0 aliphatic carbocycles. The van der Waals surface area contributed by atoms with E-state index in [9.17, 15) is 18.0 Å². The van der Waals surface area contributed by atoms with Crippen molar-refractivity contribution in [2.45, 2.75) is 4.90 Å². The predicted octanol–water partition coefficient (Wildman–Crippen LogP) is 2.03. The summed E-state index contributed by atoms with van der Waals surface area (Å²) in [7, 11) is -4.03. The van der Waals surface area contributed by atoms with Crippen LogP contribution in [0.5, 0.6) is 0 Å². The van der Waals surface area contributed by atoms with E-state index in [-0.39, 0.29) is 10.8 Å². The molecule has 3 N–H and O–H groups in total. The maximum absolute atomic E-state index is 12.7. The lowest BCUT2D eigenvalue weighted by molar-refractivity contribution is 0.0944. The zero-order valence-electron chi connectivity index (χ0n) is 13.3. The van der Waals surface area contributed by atoms with Gasteiger partial charge in [-0.25, -0.2) is 8.42 Å². The van der Waals surface area contributed by atoms with Crippen LogP contribution in [0.25, 0.3) is 10.8 Å². The summed E-state index contributed by atoms with van der Waals surface area (Å²) in [6, 6.07) is 16.0. The largest absolute Gasteiger partial charge is 0.321 e. The number of hydrogen-bond donors (Lipinski definition) is 3. The second kappa shape index (κ2) is 5.94. The number of carbonyl (C=O) groups excluding carboxylic acids is 2. The number of sulfonamides is 1. The number of hydrogen-bond acceptors (Lipinski definition) is 4. The number of nitrogens with one attached hydrogen (secondary N) is 3. The summed E-state index contributed by atoms with van der Waals surface area (Å²) in [5.74, 6) is -0.845. The van der Waals surface area contributed by atoms with E-state index in [1.54, 1.807) is 48.5 Å². The fourth-order valence-corrected chi connectivity index (χ4v) is 3.97. The first-order valence-electron chi connectivity index (χ1n) is 7.72. The van der Waals surface area contributed by atoms with Gasteiger partial charge in [-0.2, -0.15) is 0 Å². The van der Waals surface area contributed by atoms with Gasteiger partial charge < -0.3 is 5.32 Å². The Morgan fingerprint density at radius 2 is 1.69 bits per heavy atom. The third-order valence-electron chi connectivity index (χ3n) is 4.12. The summed E-state index contributed by atoms with van der Waals surface area (Å²) >= 11 is 0. The Kier molecular flexibility index (Phi) is 3.71. The van der Waals surface area contributed by atoms with Crippen LogP contribution in [-0.2, 0) is 10.0 Å². The molecule has 0 aromatic heterocycles. The average Bonchev–Trinajstić information content (AvgIpc) is 2.98. The molecule has 0 bridgehead atoms. The van der Waals surface area contributed by atoms with E-state index in [1.807, 2.05) is 0 Å². The van der Waals surface area contributed by atoms with Crippen molar-refractivity contribution in [2.75, 3.05) is 5.32 Å². The topological polar surface area (TPSA) is 104 Å². The van der Waals surface area contributed by atoms with Crippen LogP contribution >= 0.6 is 0 Å². The van der Waals surface area contributed by atoms with Crippen molar-refractivity contribution >= 4 is 38.3 Å². The molecule has 2 amide bonds. The molecule has 0 saturated heterocycles. The highest BCUT2D eigenvalue weighted by Gasteiger charge is 2.26. The third-order valence-corrected chi connectivity index (χ3v) is 5.42. The number of hydrazine groups is 1. The van der Waals surface area contributed by atoms with Crippen LogP contribution in [0, 0.1) is 0 Å². The summed E-state index contributed by atoms with van der Waals surface area (Å²) in [6.45, 7) is 0. The summed E-state index contributed by atoms with van der Waals surface area (Å²) in [4.78, 5) is 26.1. The highest BCUT2D eigenvalue weighted by molar-refractivity contribution is 7.89. The fourth-order valence-electron chi connectivity index (χ4n) is 2.93. The monoisotopic (exact) mass is 367 g/mol. The average molecular weight is 367 g/mol. The minimum Gasteiger partial charge on any atom is -0.321 e. The van der Waals surface area contributed by atoms with E-state index in [0.29, 0.717) is 27.6 Å². The van der Waals surface area contributed by atoms with Crippen molar-refractivity contribution in [3.8, 4) is 0 Å². The lowest BCUT2D eigenvalue weighted by atomic mass is 10.1. The maximum atomic E-state index is 12.7. The van der Waals surface area contributed by atoms with Gasteiger partial charge in [0.25, 0.3) is 21.8 Å². The first-order valence-corrected chi connectivity index (χ1v) is 9.20. The van der Waals surface area contributed by atoms with Crippen molar-refractivity contribution in [1.82, 2.24) is 10.3 Å². The van der Waals surface area contributed by atoms with Crippen molar-refractivity contribution in [3.63, 3.8) is 0 Å². The molecule has 0 atom stereocenters. The quantitative estimate of drug-likeness (QED) is 0.614. The zero-order chi connectivity index (χ0) is 18.3. The molecule has 0 radical (unpaired) electrons. The van der Waals surface area contributed by atoms with Gasteiger partial charge in [0.2, 0.25) is 0 Å². The van der Waals surface area contributed by atoms with E-state index in [0.717, 1.165) is 0 Å². The van der Waals surface area contributed by atoms with Crippen molar-refractivity contribution in [1.29, 1.82) is 0 Å². The Bertz CT molecular complexity index is 1160. The molecule has 0 saturated carbocycles. The van der Waals surface area contributed by atoms with Gasteiger partial charge >= 0.3 is 0 Å². The highest BCUT2D eigenvalue weighted by Crippen LogP contribution is 2.36. The Morgan fingerprint density at radius 3 is 2.46 bits per heavy atom.